The van der Waals surface area contributed by atoms with Gasteiger partial charge in [0, 0.05) is 38.0 Å². The van der Waals surface area contributed by atoms with Crippen molar-refractivity contribution < 1.29 is 14.5 Å². The van der Waals surface area contributed by atoms with Crippen molar-refractivity contribution in [2.24, 2.45) is 13.0 Å². The van der Waals surface area contributed by atoms with E-state index >= 15 is 0 Å². The SMILES string of the molecule is Cn1ccnc1C(=O)[C@H](C#N)C(=O)Cc1cccc([N+](=O)[O-])c1. The molecule has 1 atom stereocenters. The van der Waals surface area contributed by atoms with Gasteiger partial charge in [-0.2, -0.15) is 5.26 Å². The van der Waals surface area contributed by atoms with E-state index in [-0.39, 0.29) is 17.9 Å². The predicted octanol–water partition coefficient (Wildman–Crippen LogP) is 1.46. The number of rotatable bonds is 6. The number of non-ortho nitro benzene ring substituents is 1. The number of nitro benzene ring substituents is 1. The van der Waals surface area contributed by atoms with E-state index in [4.69, 9.17) is 5.26 Å². The number of benzene rings is 1. The van der Waals surface area contributed by atoms with Gasteiger partial charge in [0.05, 0.1) is 11.0 Å². The molecular formula is C15H12N4O4. The molecule has 0 aliphatic heterocycles. The number of hydrogen-bond donors (Lipinski definition) is 0. The summed E-state index contributed by atoms with van der Waals surface area (Å²) in [6.07, 6.45) is 2.69. The van der Waals surface area contributed by atoms with Gasteiger partial charge in [-0.3, -0.25) is 19.7 Å². The lowest BCUT2D eigenvalue weighted by atomic mass is 9.94. The number of carbonyl (C=O) groups is 2. The van der Waals surface area contributed by atoms with E-state index in [9.17, 15) is 19.7 Å². The normalized spacial score (nSPS) is 11.5. The van der Waals surface area contributed by atoms with E-state index in [0.29, 0.717) is 5.56 Å². The van der Waals surface area contributed by atoms with Gasteiger partial charge in [0.1, 0.15) is 0 Å². The number of aryl methyl sites for hydroxylation is 1. The molecule has 0 fully saturated rings. The Morgan fingerprint density at radius 3 is 2.78 bits per heavy atom. The van der Waals surface area contributed by atoms with Crippen LogP contribution in [0.5, 0.6) is 0 Å². The smallest absolute Gasteiger partial charge is 0.269 e. The first kappa shape index (κ1) is 16.0. The molecule has 0 aliphatic rings. The number of carbonyl (C=O) groups excluding carboxylic acids is 2. The molecular weight excluding hydrogens is 300 g/mol. The summed E-state index contributed by atoms with van der Waals surface area (Å²) < 4.78 is 1.42. The maximum absolute atomic E-state index is 12.2. The largest absolute Gasteiger partial charge is 0.332 e. The number of nitrogens with zero attached hydrogens (tertiary/aromatic N) is 4. The van der Waals surface area contributed by atoms with Gasteiger partial charge >= 0.3 is 0 Å². The average Bonchev–Trinajstić information content (AvgIpc) is 2.94. The molecule has 0 bridgehead atoms. The van der Waals surface area contributed by atoms with Gasteiger partial charge < -0.3 is 4.57 Å². The van der Waals surface area contributed by atoms with Gasteiger partial charge in [0.25, 0.3) is 5.69 Å². The Bertz CT molecular complexity index is 819. The van der Waals surface area contributed by atoms with Crippen molar-refractivity contribution >= 4 is 17.3 Å². The number of Topliss-reactive ketones (excluding diaryl/α,β-unsaturated/α-hetero) is 2. The van der Waals surface area contributed by atoms with Crippen LogP contribution < -0.4 is 0 Å². The molecule has 23 heavy (non-hydrogen) atoms. The van der Waals surface area contributed by atoms with Crippen LogP contribution in [0.4, 0.5) is 5.69 Å². The number of nitriles is 1. The van der Waals surface area contributed by atoms with Crippen LogP contribution in [-0.2, 0) is 18.3 Å². The molecule has 0 saturated heterocycles. The standard InChI is InChI=1S/C15H12N4O4/c1-18-6-5-17-15(18)14(21)12(9-16)13(20)8-10-3-2-4-11(7-10)19(22)23/h2-7,12H,8H2,1H3/t12-/m1/s1. The maximum atomic E-state index is 12.2. The van der Waals surface area contributed by atoms with Gasteiger partial charge in [0.2, 0.25) is 5.78 Å². The van der Waals surface area contributed by atoms with E-state index in [1.165, 1.54) is 41.2 Å². The third-order valence-electron chi connectivity index (χ3n) is 3.25. The average molecular weight is 312 g/mol. The summed E-state index contributed by atoms with van der Waals surface area (Å²) in [6, 6.07) is 7.22. The second kappa shape index (κ2) is 6.62. The molecule has 8 nitrogen and oxygen atoms in total. The van der Waals surface area contributed by atoms with Crippen molar-refractivity contribution in [2.75, 3.05) is 0 Å². The fraction of sp³-hybridized carbons (Fsp3) is 0.200. The summed E-state index contributed by atoms with van der Waals surface area (Å²) in [7, 11) is 1.58. The van der Waals surface area contributed by atoms with Crippen molar-refractivity contribution in [3.63, 3.8) is 0 Å². The van der Waals surface area contributed by atoms with Crippen molar-refractivity contribution in [2.45, 2.75) is 6.42 Å². The highest BCUT2D eigenvalue weighted by Gasteiger charge is 2.30. The molecule has 1 aromatic heterocycles. The molecule has 0 saturated carbocycles. The Labute approximate surface area is 131 Å². The van der Waals surface area contributed by atoms with Crippen molar-refractivity contribution in [3.05, 3.63) is 58.2 Å². The summed E-state index contributed by atoms with van der Waals surface area (Å²) in [5.41, 5.74) is 0.219. The first-order valence-corrected chi connectivity index (χ1v) is 6.61. The Balaban J connectivity index is 2.20. The van der Waals surface area contributed by atoms with E-state index in [1.54, 1.807) is 13.1 Å². The minimum absolute atomic E-state index is 0.0175. The number of hydrogen-bond acceptors (Lipinski definition) is 6. The Kier molecular flexibility index (Phi) is 4.61. The van der Waals surface area contributed by atoms with Crippen LogP contribution in [0.3, 0.4) is 0 Å². The number of ketones is 2. The monoisotopic (exact) mass is 312 g/mol. The zero-order chi connectivity index (χ0) is 17.0. The fourth-order valence-electron chi connectivity index (χ4n) is 2.09. The Morgan fingerprint density at radius 1 is 1.48 bits per heavy atom. The molecule has 8 heteroatoms. The lowest BCUT2D eigenvalue weighted by Crippen LogP contribution is -2.26. The second-order valence-electron chi connectivity index (χ2n) is 4.86. The van der Waals surface area contributed by atoms with Gasteiger partial charge in [-0.15, -0.1) is 0 Å². The summed E-state index contributed by atoms with van der Waals surface area (Å²) >= 11 is 0. The van der Waals surface area contributed by atoms with Crippen LogP contribution in [0.1, 0.15) is 16.2 Å². The van der Waals surface area contributed by atoms with Crippen LogP contribution in [0.15, 0.2) is 36.7 Å². The molecule has 0 amide bonds. The summed E-state index contributed by atoms with van der Waals surface area (Å²) in [4.78, 5) is 38.4. The molecule has 0 N–H and O–H groups in total. The molecule has 0 radical (unpaired) electrons. The van der Waals surface area contributed by atoms with Crippen molar-refractivity contribution in [3.8, 4) is 6.07 Å². The minimum atomic E-state index is -1.49. The quantitative estimate of drug-likeness (QED) is 0.345. The zero-order valence-corrected chi connectivity index (χ0v) is 12.2. The minimum Gasteiger partial charge on any atom is -0.332 e. The third-order valence-corrected chi connectivity index (χ3v) is 3.25. The maximum Gasteiger partial charge on any atom is 0.269 e. The Hall–Kier alpha value is -3.34. The molecule has 1 aromatic carbocycles. The molecule has 1 heterocycles. The number of imidazole rings is 1. The van der Waals surface area contributed by atoms with Crippen LogP contribution in [0.25, 0.3) is 0 Å². The highest BCUT2D eigenvalue weighted by atomic mass is 16.6. The highest BCUT2D eigenvalue weighted by Crippen LogP contribution is 2.16. The van der Waals surface area contributed by atoms with Gasteiger partial charge in [-0.05, 0) is 5.56 Å². The lowest BCUT2D eigenvalue weighted by Gasteiger charge is -2.07. The van der Waals surface area contributed by atoms with Gasteiger partial charge in [0.15, 0.2) is 17.5 Å². The van der Waals surface area contributed by atoms with Crippen LogP contribution in [-0.4, -0.2) is 26.0 Å². The number of aromatic nitrogens is 2. The second-order valence-corrected chi connectivity index (χ2v) is 4.86. The van der Waals surface area contributed by atoms with E-state index in [0.717, 1.165) is 0 Å². The van der Waals surface area contributed by atoms with Crippen molar-refractivity contribution in [1.82, 2.24) is 9.55 Å². The molecule has 2 aromatic rings. The van der Waals surface area contributed by atoms with Crippen LogP contribution >= 0.6 is 0 Å². The van der Waals surface area contributed by atoms with E-state index in [1.807, 2.05) is 0 Å². The summed E-state index contributed by atoms with van der Waals surface area (Å²) in [5.74, 6) is -2.78. The molecule has 2 rings (SSSR count). The highest BCUT2D eigenvalue weighted by molar-refractivity contribution is 6.11. The number of nitro groups is 1. The Morgan fingerprint density at radius 2 is 2.22 bits per heavy atom. The van der Waals surface area contributed by atoms with E-state index in [2.05, 4.69) is 4.98 Å². The van der Waals surface area contributed by atoms with Gasteiger partial charge in [-0.1, -0.05) is 12.1 Å². The predicted molar refractivity (Wildman–Crippen MR) is 78.4 cm³/mol. The van der Waals surface area contributed by atoms with Gasteiger partial charge in [-0.25, -0.2) is 4.98 Å². The first-order valence-electron chi connectivity index (χ1n) is 6.61. The van der Waals surface area contributed by atoms with Crippen molar-refractivity contribution in [1.29, 1.82) is 5.26 Å². The molecule has 116 valence electrons. The first-order chi connectivity index (χ1) is 10.9. The molecule has 0 unspecified atom stereocenters. The lowest BCUT2D eigenvalue weighted by molar-refractivity contribution is -0.384. The van der Waals surface area contributed by atoms with Crippen LogP contribution in [0.2, 0.25) is 0 Å². The zero-order valence-electron chi connectivity index (χ0n) is 12.2. The van der Waals surface area contributed by atoms with E-state index < -0.39 is 22.4 Å². The third kappa shape index (κ3) is 3.47. The topological polar surface area (TPSA) is 119 Å². The summed E-state index contributed by atoms with van der Waals surface area (Å²) in [6.45, 7) is 0. The molecule has 0 aliphatic carbocycles. The summed E-state index contributed by atoms with van der Waals surface area (Å²) in [5, 5.41) is 19.9. The molecule has 0 spiro atoms. The fourth-order valence-corrected chi connectivity index (χ4v) is 2.09. The van der Waals surface area contributed by atoms with Crippen LogP contribution in [0, 0.1) is 27.4 Å².